The van der Waals surface area contributed by atoms with Crippen molar-refractivity contribution in [2.75, 3.05) is 0 Å². The molecular formula is C13H9BrN2O2S2. The van der Waals surface area contributed by atoms with Gasteiger partial charge in [-0.15, -0.1) is 33.3 Å². The maximum atomic E-state index is 9.40. The second kappa shape index (κ2) is 5.99. The molecule has 2 aromatic heterocycles. The minimum Gasteiger partial charge on any atom is -0.508 e. The summed E-state index contributed by atoms with van der Waals surface area (Å²) in [5.74, 6) is 1.93. The second-order valence-corrected chi connectivity index (χ2v) is 7.40. The molecule has 0 saturated carbocycles. The Hall–Kier alpha value is -1.31. The maximum Gasteiger partial charge on any atom is 0.257 e. The van der Waals surface area contributed by atoms with E-state index in [-0.39, 0.29) is 5.75 Å². The largest absolute Gasteiger partial charge is 0.508 e. The highest BCUT2D eigenvalue weighted by Gasteiger charge is 2.11. The Morgan fingerprint density at radius 2 is 2.15 bits per heavy atom. The Balaban J connectivity index is 1.68. The van der Waals surface area contributed by atoms with Crippen LogP contribution in [0.25, 0.3) is 10.8 Å². The second-order valence-electron chi connectivity index (χ2n) is 3.89. The molecule has 3 aromatic rings. The predicted molar refractivity (Wildman–Crippen MR) is 83.0 cm³/mol. The van der Waals surface area contributed by atoms with Crippen molar-refractivity contribution in [2.45, 2.75) is 10.6 Å². The van der Waals surface area contributed by atoms with Gasteiger partial charge in [-0.2, -0.15) is 0 Å². The Labute approximate surface area is 132 Å². The van der Waals surface area contributed by atoms with E-state index in [1.807, 2.05) is 18.2 Å². The summed E-state index contributed by atoms with van der Waals surface area (Å²) < 4.78 is 6.65. The van der Waals surface area contributed by atoms with E-state index in [9.17, 15) is 5.11 Å². The molecule has 0 atom stereocenters. The average molecular weight is 369 g/mol. The van der Waals surface area contributed by atoms with Gasteiger partial charge in [0.1, 0.15) is 5.75 Å². The summed E-state index contributed by atoms with van der Waals surface area (Å²) in [6, 6.07) is 11.0. The van der Waals surface area contributed by atoms with Crippen LogP contribution < -0.4 is 0 Å². The smallest absolute Gasteiger partial charge is 0.257 e. The van der Waals surface area contributed by atoms with Gasteiger partial charge in [-0.3, -0.25) is 0 Å². The molecule has 102 valence electrons. The number of nitrogens with zero attached hydrogens (tertiary/aromatic N) is 2. The van der Waals surface area contributed by atoms with Crippen LogP contribution in [0.15, 0.2) is 49.5 Å². The SMILES string of the molecule is Oc1cccc(SCc2nnc(-c3ccc(Br)s3)o2)c1. The van der Waals surface area contributed by atoms with Crippen molar-refractivity contribution in [3.8, 4) is 16.5 Å². The molecule has 0 aliphatic heterocycles. The normalized spacial score (nSPS) is 10.8. The topological polar surface area (TPSA) is 59.2 Å². The van der Waals surface area contributed by atoms with Crippen molar-refractivity contribution in [1.29, 1.82) is 0 Å². The van der Waals surface area contributed by atoms with Gasteiger partial charge in [0.2, 0.25) is 5.89 Å². The van der Waals surface area contributed by atoms with E-state index in [1.54, 1.807) is 29.5 Å². The van der Waals surface area contributed by atoms with Crippen molar-refractivity contribution in [1.82, 2.24) is 10.2 Å². The molecule has 0 bridgehead atoms. The lowest BCUT2D eigenvalue weighted by Crippen LogP contribution is -1.80. The number of halogens is 1. The van der Waals surface area contributed by atoms with Crippen LogP contribution in [-0.4, -0.2) is 15.3 Å². The van der Waals surface area contributed by atoms with Gasteiger partial charge in [0.05, 0.1) is 14.4 Å². The highest BCUT2D eigenvalue weighted by molar-refractivity contribution is 9.11. The number of thiophene rings is 1. The summed E-state index contributed by atoms with van der Waals surface area (Å²) in [4.78, 5) is 1.90. The van der Waals surface area contributed by atoms with E-state index in [4.69, 9.17) is 4.42 Å². The first-order valence-corrected chi connectivity index (χ1v) is 8.30. The molecule has 0 radical (unpaired) electrons. The number of thioether (sulfide) groups is 1. The van der Waals surface area contributed by atoms with E-state index in [1.165, 1.54) is 11.8 Å². The number of hydrogen-bond acceptors (Lipinski definition) is 6. The number of phenolic OH excluding ortho intramolecular Hbond substituents is 1. The van der Waals surface area contributed by atoms with Crippen molar-refractivity contribution in [3.63, 3.8) is 0 Å². The molecule has 0 saturated heterocycles. The molecule has 4 nitrogen and oxygen atoms in total. The molecule has 0 amide bonds. The molecule has 20 heavy (non-hydrogen) atoms. The highest BCUT2D eigenvalue weighted by Crippen LogP contribution is 2.31. The van der Waals surface area contributed by atoms with Gasteiger partial charge in [0.15, 0.2) is 0 Å². The first kappa shape index (κ1) is 13.7. The Kier molecular flexibility index (Phi) is 4.09. The molecule has 0 fully saturated rings. The van der Waals surface area contributed by atoms with E-state index in [0.717, 1.165) is 13.6 Å². The van der Waals surface area contributed by atoms with Crippen LogP contribution in [0.5, 0.6) is 5.75 Å². The predicted octanol–water partition coefficient (Wildman–Crippen LogP) is 4.56. The van der Waals surface area contributed by atoms with Gasteiger partial charge in [-0.05, 0) is 46.3 Å². The summed E-state index contributed by atoms with van der Waals surface area (Å²) in [7, 11) is 0. The molecule has 0 unspecified atom stereocenters. The minimum atomic E-state index is 0.254. The van der Waals surface area contributed by atoms with Gasteiger partial charge in [0.25, 0.3) is 5.89 Å². The van der Waals surface area contributed by atoms with E-state index in [0.29, 0.717) is 17.5 Å². The molecule has 0 aliphatic carbocycles. The van der Waals surface area contributed by atoms with Crippen LogP contribution >= 0.6 is 39.0 Å². The molecular weight excluding hydrogens is 360 g/mol. The molecule has 0 spiro atoms. The lowest BCUT2D eigenvalue weighted by molar-refractivity contribution is 0.474. The highest BCUT2D eigenvalue weighted by atomic mass is 79.9. The van der Waals surface area contributed by atoms with Gasteiger partial charge in [-0.1, -0.05) is 6.07 Å². The van der Waals surface area contributed by atoms with Gasteiger partial charge in [-0.25, -0.2) is 0 Å². The number of aromatic nitrogens is 2. The standard InChI is InChI=1S/C13H9BrN2O2S2/c14-11-5-4-10(20-11)13-16-15-12(18-13)7-19-9-3-1-2-8(17)6-9/h1-6,17H,7H2. The Morgan fingerprint density at radius 3 is 2.90 bits per heavy atom. The van der Waals surface area contributed by atoms with Crippen molar-refractivity contribution >= 4 is 39.0 Å². The zero-order valence-corrected chi connectivity index (χ0v) is 13.3. The maximum absolute atomic E-state index is 9.40. The number of benzene rings is 1. The fourth-order valence-electron chi connectivity index (χ4n) is 1.56. The number of rotatable bonds is 4. The van der Waals surface area contributed by atoms with Gasteiger partial charge in [0, 0.05) is 4.90 Å². The monoisotopic (exact) mass is 368 g/mol. The third kappa shape index (κ3) is 3.23. The molecule has 0 aliphatic rings. The Morgan fingerprint density at radius 1 is 1.25 bits per heavy atom. The van der Waals surface area contributed by atoms with E-state index >= 15 is 0 Å². The number of aromatic hydroxyl groups is 1. The summed E-state index contributed by atoms with van der Waals surface area (Å²) >= 11 is 6.50. The summed E-state index contributed by atoms with van der Waals surface area (Å²) in [6.45, 7) is 0. The van der Waals surface area contributed by atoms with Crippen LogP contribution in [0.2, 0.25) is 0 Å². The molecule has 7 heteroatoms. The first-order chi connectivity index (χ1) is 9.70. The summed E-state index contributed by atoms with van der Waals surface area (Å²) in [6.07, 6.45) is 0. The van der Waals surface area contributed by atoms with Crippen LogP contribution in [0.1, 0.15) is 5.89 Å². The van der Waals surface area contributed by atoms with Gasteiger partial charge < -0.3 is 9.52 Å². The summed E-state index contributed by atoms with van der Waals surface area (Å²) in [5, 5.41) is 17.5. The third-order valence-corrected chi connectivity index (χ3v) is 5.02. The van der Waals surface area contributed by atoms with E-state index in [2.05, 4.69) is 26.1 Å². The van der Waals surface area contributed by atoms with Crippen molar-refractivity contribution in [3.05, 3.63) is 46.1 Å². The lowest BCUT2D eigenvalue weighted by atomic mass is 10.3. The number of phenols is 1. The van der Waals surface area contributed by atoms with Gasteiger partial charge >= 0.3 is 0 Å². The zero-order valence-electron chi connectivity index (χ0n) is 10.1. The quantitative estimate of drug-likeness (QED) is 0.684. The minimum absolute atomic E-state index is 0.254. The van der Waals surface area contributed by atoms with Crippen LogP contribution in [0, 0.1) is 0 Å². The zero-order chi connectivity index (χ0) is 13.9. The number of hydrogen-bond donors (Lipinski definition) is 1. The van der Waals surface area contributed by atoms with Crippen LogP contribution in [0.3, 0.4) is 0 Å². The fourth-order valence-corrected chi connectivity index (χ4v) is 3.65. The Bertz CT molecular complexity index is 726. The molecule has 2 heterocycles. The first-order valence-electron chi connectivity index (χ1n) is 5.70. The lowest BCUT2D eigenvalue weighted by Gasteiger charge is -1.98. The average Bonchev–Trinajstić information content (AvgIpc) is 3.05. The van der Waals surface area contributed by atoms with Crippen LogP contribution in [0.4, 0.5) is 0 Å². The summed E-state index contributed by atoms with van der Waals surface area (Å²) in [5.41, 5.74) is 0. The third-order valence-electron chi connectivity index (χ3n) is 2.43. The van der Waals surface area contributed by atoms with Crippen molar-refractivity contribution < 1.29 is 9.52 Å². The van der Waals surface area contributed by atoms with Crippen molar-refractivity contribution in [2.24, 2.45) is 0 Å². The van der Waals surface area contributed by atoms with Crippen LogP contribution in [-0.2, 0) is 5.75 Å². The molecule has 3 rings (SSSR count). The molecule has 1 aromatic carbocycles. The fraction of sp³-hybridized carbons (Fsp3) is 0.0769. The molecule has 1 N–H and O–H groups in total. The van der Waals surface area contributed by atoms with E-state index < -0.39 is 0 Å².